The van der Waals surface area contributed by atoms with E-state index in [4.69, 9.17) is 17.1 Å². The van der Waals surface area contributed by atoms with Gasteiger partial charge < -0.3 is 0 Å². The number of rotatable bonds is 2. The molecule has 1 rings (SSSR count). The zero-order chi connectivity index (χ0) is 12.0. The van der Waals surface area contributed by atoms with Crippen LogP contribution in [-0.4, -0.2) is 0 Å². The number of nitriles is 2. The van der Waals surface area contributed by atoms with Crippen LogP contribution < -0.4 is 0 Å². The van der Waals surface area contributed by atoms with Crippen LogP contribution in [0.15, 0.2) is 30.0 Å². The van der Waals surface area contributed by atoms with E-state index < -0.39 is 0 Å². The highest BCUT2D eigenvalue weighted by Gasteiger charge is 2.08. The molecule has 0 N–H and O–H groups in total. The van der Waals surface area contributed by atoms with Crippen LogP contribution in [0.3, 0.4) is 0 Å². The molecule has 0 aromatic heterocycles. The first-order chi connectivity index (χ1) is 7.72. The van der Waals surface area contributed by atoms with Gasteiger partial charge in [-0.05, 0) is 18.1 Å². The molecule has 3 heteroatoms. The predicted molar refractivity (Wildman–Crippen MR) is 60.5 cm³/mol. The molecule has 0 spiro atoms. The Balaban J connectivity index is 3.31. The van der Waals surface area contributed by atoms with Crippen LogP contribution in [0.5, 0.6) is 0 Å². The lowest BCUT2D eigenvalue weighted by atomic mass is 10.0. The summed E-state index contributed by atoms with van der Waals surface area (Å²) in [6, 6.07) is 11.2. The van der Waals surface area contributed by atoms with Crippen molar-refractivity contribution in [3.63, 3.8) is 0 Å². The van der Waals surface area contributed by atoms with E-state index in [9.17, 15) is 0 Å². The molecule has 1 aromatic rings. The maximum atomic E-state index is 8.81. The third-order valence-electron chi connectivity index (χ3n) is 2.16. The summed E-state index contributed by atoms with van der Waals surface area (Å²) < 4.78 is 0. The Morgan fingerprint density at radius 3 is 2.38 bits per heavy atom. The molecule has 0 aliphatic carbocycles. The van der Waals surface area contributed by atoms with Crippen molar-refractivity contribution in [2.45, 2.75) is 13.3 Å². The minimum absolute atomic E-state index is 0.00889. The molecule has 0 radical (unpaired) electrons. The molecule has 1 aromatic carbocycles. The number of benzene rings is 1. The summed E-state index contributed by atoms with van der Waals surface area (Å²) in [5, 5.41) is 17.5. The van der Waals surface area contributed by atoms with Crippen molar-refractivity contribution in [2.24, 2.45) is 0 Å². The van der Waals surface area contributed by atoms with Crippen molar-refractivity contribution in [1.82, 2.24) is 0 Å². The van der Waals surface area contributed by atoms with Gasteiger partial charge in [0.25, 0.3) is 5.70 Å². The van der Waals surface area contributed by atoms with Gasteiger partial charge in [0.1, 0.15) is 0 Å². The minimum atomic E-state index is -0.00889. The van der Waals surface area contributed by atoms with E-state index in [-0.39, 0.29) is 12.1 Å². The highest BCUT2D eigenvalue weighted by molar-refractivity contribution is 5.74. The zero-order valence-corrected chi connectivity index (χ0v) is 8.86. The van der Waals surface area contributed by atoms with Crippen LogP contribution in [0.25, 0.3) is 10.4 Å². The second-order valence-electron chi connectivity index (χ2n) is 3.25. The van der Waals surface area contributed by atoms with Crippen molar-refractivity contribution >= 4 is 5.57 Å². The molecule has 0 saturated carbocycles. The Morgan fingerprint density at radius 2 is 1.94 bits per heavy atom. The molecular weight excluding hydrogens is 198 g/mol. The fourth-order valence-electron chi connectivity index (χ4n) is 1.32. The SMILES string of the molecule is [C-]#[N+]C(C#N)=C(CC#N)c1ccc(C)cc1. The van der Waals surface area contributed by atoms with Crippen LogP contribution >= 0.6 is 0 Å². The third-order valence-corrected chi connectivity index (χ3v) is 2.16. The van der Waals surface area contributed by atoms with E-state index in [2.05, 4.69) is 4.85 Å². The van der Waals surface area contributed by atoms with E-state index in [0.29, 0.717) is 5.57 Å². The summed E-state index contributed by atoms with van der Waals surface area (Å²) in [5.74, 6) is 0. The molecule has 0 bridgehead atoms. The summed E-state index contributed by atoms with van der Waals surface area (Å²) in [4.78, 5) is 3.14. The lowest BCUT2D eigenvalue weighted by Crippen LogP contribution is -1.88. The molecular formula is C13H9N3. The molecule has 76 valence electrons. The van der Waals surface area contributed by atoms with Gasteiger partial charge in [-0.3, -0.25) is 0 Å². The van der Waals surface area contributed by atoms with Crippen molar-refractivity contribution in [3.8, 4) is 12.1 Å². The van der Waals surface area contributed by atoms with Gasteiger partial charge in [-0.1, -0.05) is 29.8 Å². The lowest BCUT2D eigenvalue weighted by molar-refractivity contribution is 1.33. The molecule has 0 atom stereocenters. The van der Waals surface area contributed by atoms with Crippen molar-refractivity contribution in [1.29, 1.82) is 10.5 Å². The van der Waals surface area contributed by atoms with Gasteiger partial charge in [-0.2, -0.15) is 5.26 Å². The highest BCUT2D eigenvalue weighted by Crippen LogP contribution is 2.23. The number of aryl methyl sites for hydroxylation is 1. The lowest BCUT2D eigenvalue weighted by Gasteiger charge is -2.04. The quantitative estimate of drug-likeness (QED) is 0.552. The van der Waals surface area contributed by atoms with Gasteiger partial charge in [0, 0.05) is 0 Å². The molecule has 0 amide bonds. The van der Waals surface area contributed by atoms with Gasteiger partial charge in [0.05, 0.1) is 25.1 Å². The van der Waals surface area contributed by atoms with Crippen LogP contribution in [0.4, 0.5) is 0 Å². The van der Waals surface area contributed by atoms with Gasteiger partial charge in [-0.25, -0.2) is 10.1 Å². The van der Waals surface area contributed by atoms with E-state index >= 15 is 0 Å². The summed E-state index contributed by atoms with van der Waals surface area (Å²) in [6.45, 7) is 8.85. The predicted octanol–water partition coefficient (Wildman–Crippen LogP) is 3.06. The van der Waals surface area contributed by atoms with Crippen molar-refractivity contribution in [3.05, 3.63) is 52.5 Å². The molecule has 0 aliphatic rings. The van der Waals surface area contributed by atoms with Crippen LogP contribution in [0.2, 0.25) is 0 Å². The molecule has 0 saturated heterocycles. The molecule has 0 unspecified atom stereocenters. The standard InChI is InChI=1S/C13H9N3/c1-10-3-5-11(6-4-10)12(7-8-14)13(9-15)16-2/h3-6H,7H2,1H3. The molecule has 16 heavy (non-hydrogen) atoms. The maximum Gasteiger partial charge on any atom is 0.266 e. The van der Waals surface area contributed by atoms with Crippen LogP contribution in [0, 0.1) is 36.2 Å². The van der Waals surface area contributed by atoms with E-state index in [1.54, 1.807) is 0 Å². The van der Waals surface area contributed by atoms with E-state index in [1.165, 1.54) is 0 Å². The Hall–Kier alpha value is -2.57. The third kappa shape index (κ3) is 2.47. The topological polar surface area (TPSA) is 51.9 Å². The monoisotopic (exact) mass is 207 g/mol. The first-order valence-corrected chi connectivity index (χ1v) is 4.67. The summed E-state index contributed by atoms with van der Waals surface area (Å²) in [7, 11) is 0. The molecule has 3 nitrogen and oxygen atoms in total. The van der Waals surface area contributed by atoms with Crippen molar-refractivity contribution < 1.29 is 0 Å². The highest BCUT2D eigenvalue weighted by atomic mass is 14.7. The van der Waals surface area contributed by atoms with Crippen LogP contribution in [-0.2, 0) is 0 Å². The normalized spacial score (nSPS) is 10.6. The summed E-state index contributed by atoms with van der Waals surface area (Å²) in [5.41, 5.74) is 2.35. The van der Waals surface area contributed by atoms with Gasteiger partial charge in [0.15, 0.2) is 0 Å². The first kappa shape index (κ1) is 11.5. The Morgan fingerprint density at radius 1 is 1.31 bits per heavy atom. The molecule has 0 aliphatic heterocycles. The number of hydrogen-bond donors (Lipinski definition) is 0. The van der Waals surface area contributed by atoms with Gasteiger partial charge >= 0.3 is 0 Å². The van der Waals surface area contributed by atoms with E-state index in [0.717, 1.165) is 11.1 Å². The summed E-state index contributed by atoms with van der Waals surface area (Å²) in [6.07, 6.45) is 0.0777. The molecule has 0 heterocycles. The largest absolute Gasteiger partial charge is 0.266 e. The Labute approximate surface area is 94.7 Å². The van der Waals surface area contributed by atoms with Crippen molar-refractivity contribution in [2.75, 3.05) is 0 Å². The average molecular weight is 207 g/mol. The second kappa shape index (κ2) is 5.35. The Bertz CT molecular complexity index is 515. The first-order valence-electron chi connectivity index (χ1n) is 4.67. The van der Waals surface area contributed by atoms with Gasteiger partial charge in [0.2, 0.25) is 0 Å². The number of nitrogens with zero attached hydrogens (tertiary/aromatic N) is 3. The smallest absolute Gasteiger partial charge is 0.226 e. The number of allylic oxidation sites excluding steroid dienone is 2. The van der Waals surface area contributed by atoms with Gasteiger partial charge in [-0.15, -0.1) is 0 Å². The number of hydrogen-bond acceptors (Lipinski definition) is 2. The Kier molecular flexibility index (Phi) is 3.84. The second-order valence-corrected chi connectivity index (χ2v) is 3.25. The maximum absolute atomic E-state index is 8.81. The molecule has 0 fully saturated rings. The minimum Gasteiger partial charge on any atom is -0.226 e. The van der Waals surface area contributed by atoms with E-state index in [1.807, 2.05) is 43.3 Å². The fourth-order valence-corrected chi connectivity index (χ4v) is 1.32. The zero-order valence-electron chi connectivity index (χ0n) is 8.86. The van der Waals surface area contributed by atoms with Crippen LogP contribution in [0.1, 0.15) is 17.5 Å². The average Bonchev–Trinajstić information content (AvgIpc) is 2.31. The fraction of sp³-hybridized carbons (Fsp3) is 0.154. The summed E-state index contributed by atoms with van der Waals surface area (Å²) >= 11 is 0.